The number of fused-ring (bicyclic) bond motifs is 1. The summed E-state index contributed by atoms with van der Waals surface area (Å²) in [6, 6.07) is 16.6. The van der Waals surface area contributed by atoms with Crippen molar-refractivity contribution in [1.29, 1.82) is 0 Å². The minimum Gasteiger partial charge on any atom is -0.367 e. The molecule has 5 nitrogen and oxygen atoms in total. The van der Waals surface area contributed by atoms with Gasteiger partial charge in [0.25, 0.3) is 5.91 Å². The number of rotatable bonds is 4. The quantitative estimate of drug-likeness (QED) is 0.814. The second-order valence-electron chi connectivity index (χ2n) is 6.51. The van der Waals surface area contributed by atoms with E-state index in [2.05, 4.69) is 45.9 Å². The van der Waals surface area contributed by atoms with E-state index in [0.717, 1.165) is 37.3 Å². The minimum absolute atomic E-state index is 0. The van der Waals surface area contributed by atoms with E-state index in [-0.39, 0.29) is 30.7 Å². The van der Waals surface area contributed by atoms with Gasteiger partial charge in [-0.1, -0.05) is 36.4 Å². The number of para-hydroxylation sites is 2. The third-order valence-corrected chi connectivity index (χ3v) is 4.84. The number of carbonyl (C=O) groups is 1. The Balaban J connectivity index is 0.00000131. The molecule has 27 heavy (non-hydrogen) atoms. The van der Waals surface area contributed by atoms with Crippen molar-refractivity contribution < 1.29 is 9.53 Å². The lowest BCUT2D eigenvalue weighted by atomic mass is 10.1. The summed E-state index contributed by atoms with van der Waals surface area (Å²) in [5, 5.41) is 6.24. The van der Waals surface area contributed by atoms with Gasteiger partial charge in [0.1, 0.15) is 6.10 Å². The van der Waals surface area contributed by atoms with Crippen LogP contribution in [0.15, 0.2) is 48.5 Å². The van der Waals surface area contributed by atoms with Gasteiger partial charge in [0.2, 0.25) is 0 Å². The molecule has 2 aliphatic heterocycles. The predicted molar refractivity (Wildman–Crippen MR) is 113 cm³/mol. The van der Waals surface area contributed by atoms with Crippen LogP contribution in [-0.4, -0.2) is 38.3 Å². The first kappa shape index (κ1) is 21.5. The van der Waals surface area contributed by atoms with Gasteiger partial charge in [-0.15, -0.1) is 24.8 Å². The number of benzene rings is 2. The largest absolute Gasteiger partial charge is 0.367 e. The number of halogens is 2. The number of ether oxygens (including phenoxy) is 1. The summed E-state index contributed by atoms with van der Waals surface area (Å²) in [6.45, 7) is 3.74. The maximum absolute atomic E-state index is 12.5. The van der Waals surface area contributed by atoms with Crippen molar-refractivity contribution in [2.45, 2.75) is 19.1 Å². The molecule has 4 rings (SSSR count). The lowest BCUT2D eigenvalue weighted by molar-refractivity contribution is -0.128. The predicted octanol–water partition coefficient (Wildman–Crippen LogP) is 3.02. The third-order valence-electron chi connectivity index (χ3n) is 4.84. The zero-order valence-corrected chi connectivity index (χ0v) is 16.7. The molecule has 2 heterocycles. The molecule has 0 saturated carbocycles. The fourth-order valence-corrected chi connectivity index (χ4v) is 3.50. The molecular weight excluding hydrogens is 385 g/mol. The molecule has 2 aromatic carbocycles. The molecule has 1 unspecified atom stereocenters. The summed E-state index contributed by atoms with van der Waals surface area (Å²) in [5.74, 6) is -0.0820. The summed E-state index contributed by atoms with van der Waals surface area (Å²) in [7, 11) is 0. The van der Waals surface area contributed by atoms with Crippen LogP contribution in [0.3, 0.4) is 0 Å². The monoisotopic (exact) mass is 409 g/mol. The Bertz CT molecular complexity index is 766. The van der Waals surface area contributed by atoms with Crippen molar-refractivity contribution in [3.05, 3.63) is 59.7 Å². The Labute approximate surface area is 172 Å². The standard InChI is InChI=1S/C20H23N3O2.2ClH/c24-20(19-13-21-10-12-25-19)22-17-7-3-1-6-16(17)14-23-11-9-15-5-2-4-8-18(15)23;;/h1-8,19,21H,9-14H2,(H,22,24);2*1H. The highest BCUT2D eigenvalue weighted by Gasteiger charge is 2.23. The Morgan fingerprint density at radius 3 is 2.74 bits per heavy atom. The molecular formula is C20H25Cl2N3O2. The van der Waals surface area contributed by atoms with Crippen LogP contribution in [0.5, 0.6) is 0 Å². The van der Waals surface area contributed by atoms with Crippen LogP contribution in [0.2, 0.25) is 0 Å². The van der Waals surface area contributed by atoms with Crippen molar-refractivity contribution >= 4 is 42.1 Å². The van der Waals surface area contributed by atoms with Gasteiger partial charge in [0.15, 0.2) is 0 Å². The molecule has 7 heteroatoms. The van der Waals surface area contributed by atoms with E-state index in [0.29, 0.717) is 13.2 Å². The van der Waals surface area contributed by atoms with Crippen molar-refractivity contribution in [1.82, 2.24) is 5.32 Å². The molecule has 2 N–H and O–H groups in total. The number of morpholine rings is 1. The highest BCUT2D eigenvalue weighted by Crippen LogP contribution is 2.30. The molecule has 1 fully saturated rings. The second-order valence-corrected chi connectivity index (χ2v) is 6.51. The smallest absolute Gasteiger partial charge is 0.254 e. The summed E-state index contributed by atoms with van der Waals surface area (Å²) in [6.07, 6.45) is 0.654. The average molecular weight is 410 g/mol. The Morgan fingerprint density at radius 1 is 1.15 bits per heavy atom. The van der Waals surface area contributed by atoms with E-state index < -0.39 is 6.10 Å². The van der Waals surface area contributed by atoms with E-state index in [1.165, 1.54) is 11.3 Å². The van der Waals surface area contributed by atoms with E-state index in [1.54, 1.807) is 0 Å². The van der Waals surface area contributed by atoms with Gasteiger partial charge in [-0.2, -0.15) is 0 Å². The van der Waals surface area contributed by atoms with Crippen molar-refractivity contribution in [3.8, 4) is 0 Å². The van der Waals surface area contributed by atoms with Crippen molar-refractivity contribution in [2.75, 3.05) is 36.5 Å². The van der Waals surface area contributed by atoms with Crippen LogP contribution in [0.1, 0.15) is 11.1 Å². The molecule has 0 radical (unpaired) electrons. The van der Waals surface area contributed by atoms with Gasteiger partial charge < -0.3 is 20.3 Å². The van der Waals surface area contributed by atoms with Crippen LogP contribution < -0.4 is 15.5 Å². The molecule has 2 aliphatic rings. The number of anilines is 2. The summed E-state index contributed by atoms with van der Waals surface area (Å²) in [5.41, 5.74) is 4.68. The highest BCUT2D eigenvalue weighted by atomic mass is 35.5. The maximum atomic E-state index is 12.5. The summed E-state index contributed by atoms with van der Waals surface area (Å²) >= 11 is 0. The Kier molecular flexibility index (Phi) is 7.92. The maximum Gasteiger partial charge on any atom is 0.254 e. The molecule has 1 atom stereocenters. The van der Waals surface area contributed by atoms with Crippen molar-refractivity contribution in [2.24, 2.45) is 0 Å². The third kappa shape index (κ3) is 4.93. The fourth-order valence-electron chi connectivity index (χ4n) is 3.50. The first-order valence-corrected chi connectivity index (χ1v) is 8.85. The molecule has 0 spiro atoms. The van der Waals surface area contributed by atoms with Crippen molar-refractivity contribution in [3.63, 3.8) is 0 Å². The molecule has 0 bridgehead atoms. The van der Waals surface area contributed by atoms with Crippen LogP contribution in [0.4, 0.5) is 11.4 Å². The Morgan fingerprint density at radius 2 is 1.93 bits per heavy atom. The van der Waals surface area contributed by atoms with Gasteiger partial charge in [-0.25, -0.2) is 0 Å². The lowest BCUT2D eigenvalue weighted by Crippen LogP contribution is -2.45. The van der Waals surface area contributed by atoms with Crippen LogP contribution in [-0.2, 0) is 22.5 Å². The Hall–Kier alpha value is -1.79. The average Bonchev–Trinajstić information content (AvgIpc) is 3.07. The molecule has 146 valence electrons. The first-order valence-electron chi connectivity index (χ1n) is 8.85. The van der Waals surface area contributed by atoms with Gasteiger partial charge in [-0.3, -0.25) is 4.79 Å². The number of carbonyl (C=O) groups excluding carboxylic acids is 1. The van der Waals surface area contributed by atoms with E-state index in [4.69, 9.17) is 4.74 Å². The summed E-state index contributed by atoms with van der Waals surface area (Å²) < 4.78 is 5.55. The van der Waals surface area contributed by atoms with Crippen LogP contribution in [0.25, 0.3) is 0 Å². The van der Waals surface area contributed by atoms with Gasteiger partial charge in [0, 0.05) is 37.6 Å². The SMILES string of the molecule is Cl.Cl.O=C(Nc1ccccc1CN1CCc2ccccc21)C1CNCCO1. The van der Waals surface area contributed by atoms with Gasteiger partial charge >= 0.3 is 0 Å². The first-order chi connectivity index (χ1) is 12.3. The minimum atomic E-state index is -0.422. The highest BCUT2D eigenvalue weighted by molar-refractivity contribution is 5.95. The van der Waals surface area contributed by atoms with E-state index >= 15 is 0 Å². The van der Waals surface area contributed by atoms with Gasteiger partial charge in [-0.05, 0) is 29.7 Å². The topological polar surface area (TPSA) is 53.6 Å². The number of nitrogens with zero attached hydrogens (tertiary/aromatic N) is 1. The number of amides is 1. The number of nitrogens with one attached hydrogen (secondary N) is 2. The number of hydrogen-bond donors (Lipinski definition) is 2. The molecule has 2 aromatic rings. The second kappa shape index (κ2) is 9.95. The lowest BCUT2D eigenvalue weighted by Gasteiger charge is -2.24. The molecule has 0 aromatic heterocycles. The number of hydrogen-bond acceptors (Lipinski definition) is 4. The van der Waals surface area contributed by atoms with Crippen LogP contribution >= 0.6 is 24.8 Å². The fraction of sp³-hybridized carbons (Fsp3) is 0.350. The zero-order chi connectivity index (χ0) is 17.1. The normalized spacial score (nSPS) is 18.1. The molecule has 0 aliphatic carbocycles. The summed E-state index contributed by atoms with van der Waals surface area (Å²) in [4.78, 5) is 14.8. The van der Waals surface area contributed by atoms with Gasteiger partial charge in [0.05, 0.1) is 6.61 Å². The molecule has 1 saturated heterocycles. The van der Waals surface area contributed by atoms with E-state index in [9.17, 15) is 4.79 Å². The van der Waals surface area contributed by atoms with Crippen LogP contribution in [0, 0.1) is 0 Å². The molecule has 1 amide bonds. The zero-order valence-electron chi connectivity index (χ0n) is 15.0. The van der Waals surface area contributed by atoms with E-state index in [1.807, 2.05) is 18.2 Å².